The lowest BCUT2D eigenvalue weighted by molar-refractivity contribution is -0.136. The van der Waals surface area contributed by atoms with Gasteiger partial charge in [-0.1, -0.05) is 54.1 Å². The molecule has 1 aliphatic heterocycles. The van der Waals surface area contributed by atoms with Gasteiger partial charge in [-0.05, 0) is 73.0 Å². The summed E-state index contributed by atoms with van der Waals surface area (Å²) in [6.45, 7) is 1.60. The van der Waals surface area contributed by atoms with Crippen LogP contribution in [0.4, 0.5) is 18.9 Å². The number of guanidine groups is 1. The first-order chi connectivity index (χ1) is 19.8. The largest absolute Gasteiger partial charge is 0.457 e. The van der Waals surface area contributed by atoms with Crippen molar-refractivity contribution in [3.8, 4) is 11.5 Å². The van der Waals surface area contributed by atoms with E-state index in [0.29, 0.717) is 33.7 Å². The smallest absolute Gasteiger partial charge is 0.418 e. The van der Waals surface area contributed by atoms with Gasteiger partial charge in [-0.2, -0.15) is 13.2 Å². The second-order valence-corrected chi connectivity index (χ2v) is 9.99. The highest BCUT2D eigenvalue weighted by Crippen LogP contribution is 2.36. The number of ether oxygens (including phenoxy) is 1. The molecule has 0 saturated carbocycles. The standard InChI is InChI=1S/C33H27F3N4O/c34-33(35,36)29-11-5-7-24-20-25-21-28(12-13-30(25)39-31(24)29)41-27-10-4-6-23(19-27)18-22-14-16-40(17-15-22)32(37)38-26-8-2-1-3-9-26/h1-13,18-21H,14-17H2,(H2,37,38). The maximum absolute atomic E-state index is 13.5. The van der Waals surface area contributed by atoms with E-state index in [-0.39, 0.29) is 5.52 Å². The Morgan fingerprint density at radius 1 is 0.829 bits per heavy atom. The van der Waals surface area contributed by atoms with Crippen molar-refractivity contribution in [2.24, 2.45) is 10.7 Å². The Kier molecular flexibility index (Phi) is 7.05. The molecule has 5 aromatic rings. The van der Waals surface area contributed by atoms with Gasteiger partial charge in [-0.15, -0.1) is 0 Å². The minimum absolute atomic E-state index is 0.0566. The number of hydrogen-bond acceptors (Lipinski definition) is 3. The van der Waals surface area contributed by atoms with Crippen LogP contribution in [-0.2, 0) is 6.18 Å². The van der Waals surface area contributed by atoms with E-state index in [0.717, 1.165) is 43.2 Å². The number of pyridine rings is 1. The highest BCUT2D eigenvalue weighted by atomic mass is 19.4. The third-order valence-electron chi connectivity index (χ3n) is 7.11. The summed E-state index contributed by atoms with van der Waals surface area (Å²) in [6.07, 6.45) is -0.510. The Morgan fingerprint density at radius 3 is 2.37 bits per heavy atom. The highest BCUT2D eigenvalue weighted by molar-refractivity contribution is 5.94. The van der Waals surface area contributed by atoms with Crippen LogP contribution in [0.15, 0.2) is 108 Å². The number of aliphatic imine (C=N–C) groups is 1. The van der Waals surface area contributed by atoms with Crippen LogP contribution < -0.4 is 10.5 Å². The first-order valence-corrected chi connectivity index (χ1v) is 13.3. The van der Waals surface area contributed by atoms with E-state index in [1.807, 2.05) is 54.6 Å². The molecule has 1 saturated heterocycles. The molecule has 5 nitrogen and oxygen atoms in total. The van der Waals surface area contributed by atoms with Crippen molar-refractivity contribution in [3.05, 3.63) is 114 Å². The SMILES string of the molecule is NC(=Nc1ccccc1)N1CCC(=Cc2cccc(Oc3ccc4nc5c(C(F)(F)F)cccc5cc4c3)c2)CC1. The van der Waals surface area contributed by atoms with Crippen molar-refractivity contribution in [2.45, 2.75) is 19.0 Å². The number of nitrogens with two attached hydrogens (primary N) is 1. The van der Waals surface area contributed by atoms with Crippen LogP contribution in [0, 0.1) is 0 Å². The van der Waals surface area contributed by atoms with Gasteiger partial charge in [0.25, 0.3) is 0 Å². The summed E-state index contributed by atoms with van der Waals surface area (Å²) in [4.78, 5) is 10.9. The van der Waals surface area contributed by atoms with Gasteiger partial charge in [-0.3, -0.25) is 0 Å². The maximum atomic E-state index is 13.5. The molecule has 0 unspecified atom stereocenters. The van der Waals surface area contributed by atoms with E-state index in [4.69, 9.17) is 10.5 Å². The summed E-state index contributed by atoms with van der Waals surface area (Å²) in [7, 11) is 0. The number of fused-ring (bicyclic) bond motifs is 2. The fraction of sp³-hybridized carbons (Fsp3) is 0.152. The molecule has 1 aromatic heterocycles. The number of halogens is 3. The van der Waals surface area contributed by atoms with Crippen molar-refractivity contribution in [3.63, 3.8) is 0 Å². The van der Waals surface area contributed by atoms with Gasteiger partial charge in [0.05, 0.1) is 22.3 Å². The predicted octanol–water partition coefficient (Wildman–Crippen LogP) is 8.32. The number of piperidine rings is 1. The molecular formula is C33H27F3N4O. The first kappa shape index (κ1) is 26.4. The predicted molar refractivity (Wildman–Crippen MR) is 157 cm³/mol. The molecule has 2 N–H and O–H groups in total. The molecule has 206 valence electrons. The first-order valence-electron chi connectivity index (χ1n) is 13.3. The van der Waals surface area contributed by atoms with Gasteiger partial charge in [0.1, 0.15) is 11.5 Å². The second-order valence-electron chi connectivity index (χ2n) is 9.99. The average molecular weight is 553 g/mol. The van der Waals surface area contributed by atoms with Crippen molar-refractivity contribution in [2.75, 3.05) is 13.1 Å². The molecule has 0 bridgehead atoms. The summed E-state index contributed by atoms with van der Waals surface area (Å²) in [5.41, 5.74) is 9.13. The lowest BCUT2D eigenvalue weighted by Crippen LogP contribution is -2.41. The molecule has 0 amide bonds. The Balaban J connectivity index is 1.16. The minimum atomic E-state index is -4.47. The molecule has 4 aromatic carbocycles. The lowest BCUT2D eigenvalue weighted by Gasteiger charge is -2.29. The van der Waals surface area contributed by atoms with Gasteiger partial charge in [-0.25, -0.2) is 9.98 Å². The quantitative estimate of drug-likeness (QED) is 0.138. The van der Waals surface area contributed by atoms with Gasteiger partial charge in [0, 0.05) is 23.9 Å². The normalized spacial score (nSPS) is 14.5. The monoisotopic (exact) mass is 552 g/mol. The fourth-order valence-corrected chi connectivity index (χ4v) is 5.05. The molecule has 41 heavy (non-hydrogen) atoms. The third-order valence-corrected chi connectivity index (χ3v) is 7.11. The van der Waals surface area contributed by atoms with Crippen LogP contribution >= 0.6 is 0 Å². The zero-order chi connectivity index (χ0) is 28.4. The molecule has 2 heterocycles. The molecule has 6 rings (SSSR count). The Hall–Kier alpha value is -4.85. The van der Waals surface area contributed by atoms with Crippen LogP contribution in [-0.4, -0.2) is 28.9 Å². The average Bonchev–Trinajstić information content (AvgIpc) is 2.96. The number of rotatable bonds is 4. The number of aromatic nitrogens is 1. The van der Waals surface area contributed by atoms with Crippen LogP contribution in [0.5, 0.6) is 11.5 Å². The molecule has 0 spiro atoms. The summed E-state index contributed by atoms with van der Waals surface area (Å²) >= 11 is 0. The topological polar surface area (TPSA) is 63.7 Å². The minimum Gasteiger partial charge on any atom is -0.457 e. The molecule has 0 radical (unpaired) electrons. The zero-order valence-electron chi connectivity index (χ0n) is 22.1. The van der Waals surface area contributed by atoms with Crippen LogP contribution in [0.25, 0.3) is 27.9 Å². The van der Waals surface area contributed by atoms with E-state index in [2.05, 4.69) is 21.0 Å². The Bertz CT molecular complexity index is 1770. The van der Waals surface area contributed by atoms with Crippen LogP contribution in [0.2, 0.25) is 0 Å². The molecule has 8 heteroatoms. The summed E-state index contributed by atoms with van der Waals surface area (Å²) in [6, 6.07) is 28.5. The van der Waals surface area contributed by atoms with Gasteiger partial charge < -0.3 is 15.4 Å². The molecular weight excluding hydrogens is 525 g/mol. The van der Waals surface area contributed by atoms with E-state index in [9.17, 15) is 13.2 Å². The van der Waals surface area contributed by atoms with Gasteiger partial charge in [0.2, 0.25) is 0 Å². The number of hydrogen-bond donors (Lipinski definition) is 1. The number of para-hydroxylation sites is 2. The van der Waals surface area contributed by atoms with Crippen molar-refractivity contribution < 1.29 is 17.9 Å². The number of alkyl halides is 3. The van der Waals surface area contributed by atoms with E-state index in [1.165, 1.54) is 11.6 Å². The van der Waals surface area contributed by atoms with Gasteiger partial charge >= 0.3 is 6.18 Å². The van der Waals surface area contributed by atoms with Crippen molar-refractivity contribution in [1.82, 2.24) is 9.88 Å². The number of nitrogens with zero attached hydrogens (tertiary/aromatic N) is 3. The molecule has 0 aliphatic carbocycles. The maximum Gasteiger partial charge on any atom is 0.418 e. The van der Waals surface area contributed by atoms with Crippen molar-refractivity contribution in [1.29, 1.82) is 0 Å². The fourth-order valence-electron chi connectivity index (χ4n) is 5.05. The third kappa shape index (κ3) is 6.01. The second kappa shape index (κ2) is 11.0. The number of benzene rings is 4. The summed E-state index contributed by atoms with van der Waals surface area (Å²) in [5.74, 6) is 1.78. The van der Waals surface area contributed by atoms with Crippen LogP contribution in [0.3, 0.4) is 0 Å². The van der Waals surface area contributed by atoms with E-state index in [1.54, 1.807) is 30.3 Å². The van der Waals surface area contributed by atoms with E-state index >= 15 is 0 Å². The number of likely N-dealkylation sites (tertiary alicyclic amines) is 1. The zero-order valence-corrected chi connectivity index (χ0v) is 22.1. The molecule has 0 atom stereocenters. The highest BCUT2D eigenvalue weighted by Gasteiger charge is 2.33. The Labute approximate surface area is 235 Å². The molecule has 1 fully saturated rings. The van der Waals surface area contributed by atoms with Gasteiger partial charge in [0.15, 0.2) is 5.96 Å². The summed E-state index contributed by atoms with van der Waals surface area (Å²) < 4.78 is 46.5. The van der Waals surface area contributed by atoms with E-state index < -0.39 is 11.7 Å². The summed E-state index contributed by atoms with van der Waals surface area (Å²) in [5, 5.41) is 1.13. The molecule has 1 aliphatic rings. The van der Waals surface area contributed by atoms with Crippen molar-refractivity contribution >= 4 is 39.5 Å². The Morgan fingerprint density at radius 2 is 1.59 bits per heavy atom. The van der Waals surface area contributed by atoms with Crippen LogP contribution in [0.1, 0.15) is 24.0 Å². The lowest BCUT2D eigenvalue weighted by atomic mass is 10.0.